The van der Waals surface area contributed by atoms with Gasteiger partial charge in [0.05, 0.1) is 11.1 Å². The van der Waals surface area contributed by atoms with Crippen molar-refractivity contribution in [3.63, 3.8) is 0 Å². The quantitative estimate of drug-likeness (QED) is 0.791. The smallest absolute Gasteiger partial charge is 0.262 e. The number of nitrogens with zero attached hydrogens (tertiary/aromatic N) is 1. The van der Waals surface area contributed by atoms with Crippen LogP contribution in [0.2, 0.25) is 0 Å². The van der Waals surface area contributed by atoms with E-state index >= 15 is 0 Å². The molecule has 0 amide bonds. The van der Waals surface area contributed by atoms with E-state index in [9.17, 15) is 8.42 Å². The Morgan fingerprint density at radius 1 is 1.04 bits per heavy atom. The van der Waals surface area contributed by atoms with Gasteiger partial charge in [-0.2, -0.15) is 0 Å². The minimum Gasteiger partial charge on any atom is -0.444 e. The number of hydrogen-bond donors (Lipinski definition) is 1. The maximum Gasteiger partial charge on any atom is 0.262 e. The van der Waals surface area contributed by atoms with E-state index in [-0.39, 0.29) is 4.90 Å². The van der Waals surface area contributed by atoms with E-state index in [0.29, 0.717) is 11.4 Å². The molecule has 0 saturated carbocycles. The number of anilines is 1. The Kier molecular flexibility index (Phi) is 3.92. The number of oxazole rings is 1. The standard InChI is InChI=1S/C17H16N2O3S/c1-12-3-8-17(13(2)9-12)23(20,21)19-15-6-4-14(5-7-15)16-10-18-11-22-16/h3-11,19H,1-2H3. The predicted octanol–water partition coefficient (Wildman–Crippen LogP) is 3.76. The third kappa shape index (κ3) is 3.27. The maximum atomic E-state index is 12.5. The van der Waals surface area contributed by atoms with Gasteiger partial charge in [-0.15, -0.1) is 0 Å². The zero-order chi connectivity index (χ0) is 16.4. The molecule has 0 aliphatic carbocycles. The molecule has 118 valence electrons. The van der Waals surface area contributed by atoms with Crippen molar-refractivity contribution >= 4 is 15.7 Å². The van der Waals surface area contributed by atoms with E-state index < -0.39 is 10.0 Å². The number of aryl methyl sites for hydroxylation is 2. The van der Waals surface area contributed by atoms with Crippen LogP contribution in [-0.2, 0) is 10.0 Å². The monoisotopic (exact) mass is 328 g/mol. The van der Waals surface area contributed by atoms with Crippen molar-refractivity contribution < 1.29 is 12.8 Å². The number of rotatable bonds is 4. The van der Waals surface area contributed by atoms with Gasteiger partial charge in [0.25, 0.3) is 10.0 Å². The fraction of sp³-hybridized carbons (Fsp3) is 0.118. The summed E-state index contributed by atoms with van der Waals surface area (Å²) in [5.41, 5.74) is 3.07. The van der Waals surface area contributed by atoms with Gasteiger partial charge in [0.2, 0.25) is 0 Å². The summed E-state index contributed by atoms with van der Waals surface area (Å²) in [5, 5.41) is 0. The van der Waals surface area contributed by atoms with Crippen LogP contribution in [0.4, 0.5) is 5.69 Å². The zero-order valence-corrected chi connectivity index (χ0v) is 13.6. The van der Waals surface area contributed by atoms with Gasteiger partial charge in [-0.1, -0.05) is 17.7 Å². The number of benzene rings is 2. The van der Waals surface area contributed by atoms with E-state index in [1.165, 1.54) is 6.39 Å². The molecular formula is C17H16N2O3S. The third-order valence-electron chi connectivity index (χ3n) is 3.47. The van der Waals surface area contributed by atoms with E-state index in [1.807, 2.05) is 13.0 Å². The molecule has 3 rings (SSSR count). The summed E-state index contributed by atoms with van der Waals surface area (Å²) in [6, 6.07) is 12.2. The Bertz CT molecular complexity index is 915. The lowest BCUT2D eigenvalue weighted by atomic mass is 10.2. The van der Waals surface area contributed by atoms with Crippen molar-refractivity contribution in [1.82, 2.24) is 4.98 Å². The Hall–Kier alpha value is -2.60. The molecule has 0 fully saturated rings. The summed E-state index contributed by atoms with van der Waals surface area (Å²) in [6.07, 6.45) is 2.96. The molecule has 0 saturated heterocycles. The van der Waals surface area contributed by atoms with Gasteiger partial charge in [-0.05, 0) is 49.7 Å². The van der Waals surface area contributed by atoms with E-state index in [0.717, 1.165) is 16.7 Å². The fourth-order valence-electron chi connectivity index (χ4n) is 2.37. The van der Waals surface area contributed by atoms with Gasteiger partial charge in [-0.3, -0.25) is 4.72 Å². The number of nitrogens with one attached hydrogen (secondary N) is 1. The SMILES string of the molecule is Cc1ccc(S(=O)(=O)Nc2ccc(-c3cnco3)cc2)c(C)c1. The molecule has 2 aromatic carbocycles. The summed E-state index contributed by atoms with van der Waals surface area (Å²) in [7, 11) is -3.61. The summed E-state index contributed by atoms with van der Waals surface area (Å²) < 4.78 is 32.8. The van der Waals surface area contributed by atoms with Crippen LogP contribution in [0, 0.1) is 13.8 Å². The van der Waals surface area contributed by atoms with Crippen molar-refractivity contribution in [2.45, 2.75) is 18.7 Å². The summed E-state index contributed by atoms with van der Waals surface area (Å²) in [5.74, 6) is 0.633. The number of aromatic nitrogens is 1. The maximum absolute atomic E-state index is 12.5. The number of sulfonamides is 1. The zero-order valence-electron chi connectivity index (χ0n) is 12.8. The molecule has 1 aromatic heterocycles. The Balaban J connectivity index is 1.86. The predicted molar refractivity (Wildman–Crippen MR) is 88.7 cm³/mol. The molecule has 1 N–H and O–H groups in total. The molecule has 6 heteroatoms. The van der Waals surface area contributed by atoms with Crippen LogP contribution in [0.15, 0.2) is 64.4 Å². The van der Waals surface area contributed by atoms with Gasteiger partial charge in [0, 0.05) is 11.3 Å². The Morgan fingerprint density at radius 3 is 2.39 bits per heavy atom. The highest BCUT2D eigenvalue weighted by molar-refractivity contribution is 7.92. The Labute approximate surface area is 135 Å². The molecule has 0 bridgehead atoms. The molecule has 23 heavy (non-hydrogen) atoms. The molecule has 0 aliphatic heterocycles. The highest BCUT2D eigenvalue weighted by Gasteiger charge is 2.16. The molecule has 3 aromatic rings. The first kappa shape index (κ1) is 15.3. The summed E-state index contributed by atoms with van der Waals surface area (Å²) >= 11 is 0. The third-order valence-corrected chi connectivity index (χ3v) is 5.02. The minimum atomic E-state index is -3.61. The lowest BCUT2D eigenvalue weighted by Crippen LogP contribution is -2.14. The summed E-state index contributed by atoms with van der Waals surface area (Å²) in [6.45, 7) is 3.72. The Morgan fingerprint density at radius 2 is 1.78 bits per heavy atom. The minimum absolute atomic E-state index is 0.280. The van der Waals surface area contributed by atoms with Gasteiger partial charge in [-0.25, -0.2) is 13.4 Å². The van der Waals surface area contributed by atoms with Crippen LogP contribution in [0.25, 0.3) is 11.3 Å². The second kappa shape index (κ2) is 5.89. The normalized spacial score (nSPS) is 11.4. The van der Waals surface area contributed by atoms with Gasteiger partial charge in [0.15, 0.2) is 12.2 Å². The molecule has 5 nitrogen and oxygen atoms in total. The van der Waals surface area contributed by atoms with Gasteiger partial charge >= 0.3 is 0 Å². The average Bonchev–Trinajstić information content (AvgIpc) is 3.01. The molecule has 1 heterocycles. The highest BCUT2D eigenvalue weighted by Crippen LogP contribution is 2.23. The lowest BCUT2D eigenvalue weighted by Gasteiger charge is -2.11. The first-order valence-corrected chi connectivity index (χ1v) is 8.53. The molecule has 0 unspecified atom stereocenters. The van der Waals surface area contributed by atoms with Crippen LogP contribution < -0.4 is 4.72 Å². The molecule has 0 aliphatic rings. The largest absolute Gasteiger partial charge is 0.444 e. The highest BCUT2D eigenvalue weighted by atomic mass is 32.2. The summed E-state index contributed by atoms with van der Waals surface area (Å²) in [4.78, 5) is 4.14. The van der Waals surface area contributed by atoms with Crippen LogP contribution >= 0.6 is 0 Å². The molecular weight excluding hydrogens is 312 g/mol. The van der Waals surface area contributed by atoms with E-state index in [2.05, 4.69) is 9.71 Å². The van der Waals surface area contributed by atoms with Crippen molar-refractivity contribution in [3.05, 3.63) is 66.2 Å². The molecule has 0 spiro atoms. The van der Waals surface area contributed by atoms with Gasteiger partial charge in [0.1, 0.15) is 0 Å². The van der Waals surface area contributed by atoms with Crippen molar-refractivity contribution in [2.24, 2.45) is 0 Å². The van der Waals surface area contributed by atoms with E-state index in [4.69, 9.17) is 4.42 Å². The second-order valence-corrected chi connectivity index (χ2v) is 6.97. The van der Waals surface area contributed by atoms with Crippen molar-refractivity contribution in [3.8, 4) is 11.3 Å². The van der Waals surface area contributed by atoms with Crippen molar-refractivity contribution in [2.75, 3.05) is 4.72 Å². The van der Waals surface area contributed by atoms with Crippen molar-refractivity contribution in [1.29, 1.82) is 0 Å². The second-order valence-electron chi connectivity index (χ2n) is 5.32. The van der Waals surface area contributed by atoms with Gasteiger partial charge < -0.3 is 4.42 Å². The number of hydrogen-bond acceptors (Lipinski definition) is 4. The van der Waals surface area contributed by atoms with Crippen LogP contribution in [0.3, 0.4) is 0 Å². The van der Waals surface area contributed by atoms with E-state index in [1.54, 1.807) is 49.5 Å². The molecule has 0 atom stereocenters. The van der Waals surface area contributed by atoms with Crippen LogP contribution in [0.5, 0.6) is 0 Å². The first-order valence-electron chi connectivity index (χ1n) is 7.05. The average molecular weight is 328 g/mol. The van der Waals surface area contributed by atoms with Crippen LogP contribution in [0.1, 0.15) is 11.1 Å². The van der Waals surface area contributed by atoms with Crippen LogP contribution in [-0.4, -0.2) is 13.4 Å². The topological polar surface area (TPSA) is 72.2 Å². The lowest BCUT2D eigenvalue weighted by molar-refractivity contribution is 0.572. The first-order chi connectivity index (χ1) is 11.0. The fourth-order valence-corrected chi connectivity index (χ4v) is 3.66. The molecule has 0 radical (unpaired) electrons.